The maximum Gasteiger partial charge on any atom is 0.147 e. The average molecular weight is 258 g/mol. The van der Waals surface area contributed by atoms with Crippen LogP contribution in [0.5, 0.6) is 0 Å². The molecule has 18 heavy (non-hydrogen) atoms. The van der Waals surface area contributed by atoms with Gasteiger partial charge in [0, 0.05) is 16.7 Å². The second-order valence-corrected chi connectivity index (χ2v) is 6.44. The number of benzene rings is 1. The number of allylic oxidation sites excluding steroid dienone is 1. The number of fused-ring (bicyclic) bond motifs is 3. The SMILES string of the molecule is C=CCCC12CCCC(=O)C1Sc1ccccc12. The molecule has 2 unspecified atom stereocenters. The van der Waals surface area contributed by atoms with Crippen LogP contribution in [0.15, 0.2) is 41.8 Å². The molecule has 0 bridgehead atoms. The van der Waals surface area contributed by atoms with Crippen molar-refractivity contribution in [3.05, 3.63) is 42.5 Å². The smallest absolute Gasteiger partial charge is 0.147 e. The van der Waals surface area contributed by atoms with Crippen molar-refractivity contribution >= 4 is 17.5 Å². The zero-order valence-corrected chi connectivity index (χ0v) is 11.3. The van der Waals surface area contributed by atoms with Gasteiger partial charge in [-0.3, -0.25) is 4.79 Å². The lowest BCUT2D eigenvalue weighted by Gasteiger charge is -2.38. The summed E-state index contributed by atoms with van der Waals surface area (Å²) in [6, 6.07) is 8.58. The summed E-state index contributed by atoms with van der Waals surface area (Å²) in [6.45, 7) is 3.84. The van der Waals surface area contributed by atoms with E-state index in [1.165, 1.54) is 10.5 Å². The Hall–Kier alpha value is -1.02. The van der Waals surface area contributed by atoms with Crippen LogP contribution in [0.2, 0.25) is 0 Å². The predicted octanol–water partition coefficient (Wildman–Crippen LogP) is 4.12. The second kappa shape index (κ2) is 4.58. The lowest BCUT2D eigenvalue weighted by Crippen LogP contribution is -2.42. The van der Waals surface area contributed by atoms with E-state index in [2.05, 4.69) is 30.8 Å². The summed E-state index contributed by atoms with van der Waals surface area (Å²) in [5, 5.41) is 0.156. The quantitative estimate of drug-likeness (QED) is 0.759. The monoisotopic (exact) mass is 258 g/mol. The van der Waals surface area contributed by atoms with Crippen molar-refractivity contribution in [2.45, 2.75) is 47.7 Å². The van der Waals surface area contributed by atoms with Crippen molar-refractivity contribution in [3.8, 4) is 0 Å². The highest BCUT2D eigenvalue weighted by Gasteiger charge is 2.51. The Morgan fingerprint density at radius 1 is 1.44 bits per heavy atom. The van der Waals surface area contributed by atoms with Gasteiger partial charge in [0.05, 0.1) is 5.25 Å². The Morgan fingerprint density at radius 2 is 2.28 bits per heavy atom. The molecule has 94 valence electrons. The number of Topliss-reactive ketones (excluding diaryl/α,β-unsaturated/α-hetero) is 1. The van der Waals surface area contributed by atoms with Gasteiger partial charge < -0.3 is 0 Å². The molecule has 0 aromatic heterocycles. The summed E-state index contributed by atoms with van der Waals surface area (Å²) in [5.74, 6) is 0.450. The Bertz CT molecular complexity index is 494. The van der Waals surface area contributed by atoms with E-state index in [0.717, 1.165) is 32.1 Å². The van der Waals surface area contributed by atoms with E-state index in [1.54, 1.807) is 11.8 Å². The third kappa shape index (κ3) is 1.66. The van der Waals surface area contributed by atoms with Gasteiger partial charge in [0.1, 0.15) is 5.78 Å². The first-order valence-corrected chi connectivity index (χ1v) is 7.56. The Labute approximate surface area is 113 Å². The zero-order chi connectivity index (χ0) is 12.6. The highest BCUT2D eigenvalue weighted by atomic mass is 32.2. The number of carbonyl (C=O) groups is 1. The van der Waals surface area contributed by atoms with Crippen molar-refractivity contribution in [2.75, 3.05) is 0 Å². The van der Waals surface area contributed by atoms with Crippen molar-refractivity contribution in [2.24, 2.45) is 0 Å². The van der Waals surface area contributed by atoms with E-state index in [1.807, 2.05) is 6.08 Å². The molecule has 2 heteroatoms. The van der Waals surface area contributed by atoms with E-state index in [-0.39, 0.29) is 10.7 Å². The van der Waals surface area contributed by atoms with Gasteiger partial charge in [-0.15, -0.1) is 18.3 Å². The van der Waals surface area contributed by atoms with Crippen molar-refractivity contribution in [1.29, 1.82) is 0 Å². The van der Waals surface area contributed by atoms with Gasteiger partial charge in [-0.2, -0.15) is 0 Å². The number of hydrogen-bond donors (Lipinski definition) is 0. The molecule has 0 amide bonds. The minimum atomic E-state index is 0.0881. The molecular formula is C16H18OS. The molecule has 1 nitrogen and oxygen atoms in total. The number of carbonyl (C=O) groups excluding carboxylic acids is 1. The maximum atomic E-state index is 12.3. The molecule has 2 atom stereocenters. The van der Waals surface area contributed by atoms with Crippen LogP contribution >= 0.6 is 11.8 Å². The Balaban J connectivity index is 2.07. The standard InChI is InChI=1S/C16H18OS/c1-2-3-10-16-11-6-8-13(17)15(16)18-14-9-5-4-7-12(14)16/h2,4-5,7,9,15H,1,3,6,8,10-11H2. The highest BCUT2D eigenvalue weighted by molar-refractivity contribution is 8.01. The molecule has 1 aromatic rings. The van der Waals surface area contributed by atoms with E-state index in [4.69, 9.17) is 0 Å². The molecule has 3 rings (SSSR count). The van der Waals surface area contributed by atoms with Gasteiger partial charge >= 0.3 is 0 Å². The summed E-state index contributed by atoms with van der Waals surface area (Å²) in [7, 11) is 0. The van der Waals surface area contributed by atoms with Crippen molar-refractivity contribution in [3.63, 3.8) is 0 Å². The first-order chi connectivity index (χ1) is 8.78. The molecule has 0 radical (unpaired) electrons. The summed E-state index contributed by atoms with van der Waals surface area (Å²) in [4.78, 5) is 13.6. The summed E-state index contributed by atoms with van der Waals surface area (Å²) < 4.78 is 0. The minimum Gasteiger partial charge on any atom is -0.298 e. The fraction of sp³-hybridized carbons (Fsp3) is 0.438. The lowest BCUT2D eigenvalue weighted by molar-refractivity contribution is -0.121. The normalized spacial score (nSPS) is 29.8. The zero-order valence-electron chi connectivity index (χ0n) is 10.5. The molecule has 2 aliphatic rings. The second-order valence-electron chi connectivity index (χ2n) is 5.30. The number of thioether (sulfide) groups is 1. The van der Waals surface area contributed by atoms with Crippen LogP contribution in [0.4, 0.5) is 0 Å². The van der Waals surface area contributed by atoms with Crippen LogP contribution in [0, 0.1) is 0 Å². The maximum absolute atomic E-state index is 12.3. The molecule has 1 aliphatic heterocycles. The third-order valence-electron chi connectivity index (χ3n) is 4.30. The van der Waals surface area contributed by atoms with Gasteiger partial charge in [0.2, 0.25) is 0 Å². The first kappa shape index (κ1) is 12.0. The molecule has 0 spiro atoms. The van der Waals surface area contributed by atoms with Gasteiger partial charge in [-0.05, 0) is 37.3 Å². The first-order valence-electron chi connectivity index (χ1n) is 6.68. The predicted molar refractivity (Wildman–Crippen MR) is 76.1 cm³/mol. The van der Waals surface area contributed by atoms with Crippen LogP contribution in [0.25, 0.3) is 0 Å². The number of ketones is 1. The van der Waals surface area contributed by atoms with Crippen LogP contribution in [0.3, 0.4) is 0 Å². The van der Waals surface area contributed by atoms with E-state index < -0.39 is 0 Å². The molecule has 1 saturated carbocycles. The van der Waals surface area contributed by atoms with E-state index in [9.17, 15) is 4.79 Å². The Morgan fingerprint density at radius 3 is 3.11 bits per heavy atom. The van der Waals surface area contributed by atoms with Gasteiger partial charge in [-0.1, -0.05) is 24.3 Å². The molecular weight excluding hydrogens is 240 g/mol. The van der Waals surface area contributed by atoms with E-state index in [0.29, 0.717) is 5.78 Å². The number of hydrogen-bond acceptors (Lipinski definition) is 2. The molecule has 1 fully saturated rings. The fourth-order valence-electron chi connectivity index (χ4n) is 3.46. The largest absolute Gasteiger partial charge is 0.298 e. The fourth-order valence-corrected chi connectivity index (χ4v) is 5.11. The lowest BCUT2D eigenvalue weighted by atomic mass is 9.66. The molecule has 0 N–H and O–H groups in total. The van der Waals surface area contributed by atoms with Crippen molar-refractivity contribution in [1.82, 2.24) is 0 Å². The number of rotatable bonds is 3. The molecule has 0 saturated heterocycles. The topological polar surface area (TPSA) is 17.1 Å². The summed E-state index contributed by atoms with van der Waals surface area (Å²) >= 11 is 1.79. The van der Waals surface area contributed by atoms with Crippen LogP contribution in [-0.2, 0) is 10.2 Å². The van der Waals surface area contributed by atoms with Crippen molar-refractivity contribution < 1.29 is 4.79 Å². The molecule has 1 aromatic carbocycles. The summed E-state index contributed by atoms with van der Waals surface area (Å²) in [6.07, 6.45) is 7.01. The molecule has 1 heterocycles. The third-order valence-corrected chi connectivity index (χ3v) is 5.86. The van der Waals surface area contributed by atoms with Gasteiger partial charge in [0.25, 0.3) is 0 Å². The highest BCUT2D eigenvalue weighted by Crippen LogP contribution is 2.56. The van der Waals surface area contributed by atoms with Crippen LogP contribution < -0.4 is 0 Å². The van der Waals surface area contributed by atoms with Gasteiger partial charge in [-0.25, -0.2) is 0 Å². The van der Waals surface area contributed by atoms with E-state index >= 15 is 0 Å². The molecule has 1 aliphatic carbocycles. The minimum absolute atomic E-state index is 0.0881. The van der Waals surface area contributed by atoms with Gasteiger partial charge in [0.15, 0.2) is 0 Å². The average Bonchev–Trinajstić information content (AvgIpc) is 2.73. The Kier molecular flexibility index (Phi) is 3.06. The van der Waals surface area contributed by atoms with Crippen LogP contribution in [0.1, 0.15) is 37.7 Å². The summed E-state index contributed by atoms with van der Waals surface area (Å²) in [5.41, 5.74) is 1.50. The van der Waals surface area contributed by atoms with Crippen LogP contribution in [-0.4, -0.2) is 11.0 Å².